The first kappa shape index (κ1) is 21.2. The molecule has 2 rings (SSSR count). The number of rotatable bonds is 7. The van der Waals surface area contributed by atoms with E-state index in [2.05, 4.69) is 5.32 Å². The van der Waals surface area contributed by atoms with E-state index in [4.69, 9.17) is 21.4 Å². The number of hydrogen-bond donors (Lipinski definition) is 2. The zero-order chi connectivity index (χ0) is 20.0. The summed E-state index contributed by atoms with van der Waals surface area (Å²) in [6, 6.07) is 5.76. The molecule has 2 N–H and O–H groups in total. The van der Waals surface area contributed by atoms with Crippen LogP contribution in [0.1, 0.15) is 37.0 Å². The van der Waals surface area contributed by atoms with Crippen LogP contribution in [0.25, 0.3) is 0 Å². The molecular formula is C19H25ClN2O5. The maximum absolute atomic E-state index is 13.0. The Bertz CT molecular complexity index is 679. The van der Waals surface area contributed by atoms with Gasteiger partial charge in [-0.3, -0.25) is 14.4 Å². The predicted molar refractivity (Wildman–Crippen MR) is 101 cm³/mol. The summed E-state index contributed by atoms with van der Waals surface area (Å²) in [5.41, 5.74) is 0.422. The Labute approximate surface area is 163 Å². The zero-order valence-corrected chi connectivity index (χ0v) is 16.2. The van der Waals surface area contributed by atoms with Gasteiger partial charge in [0, 0.05) is 23.7 Å². The molecule has 0 spiro atoms. The number of nitrogens with zero attached hydrogens (tertiary/aromatic N) is 1. The van der Waals surface area contributed by atoms with Crippen LogP contribution in [-0.4, -0.2) is 59.6 Å². The van der Waals surface area contributed by atoms with Crippen LogP contribution < -0.4 is 5.32 Å². The molecule has 1 aromatic rings. The molecule has 0 bridgehead atoms. The first-order chi connectivity index (χ1) is 12.8. The Hall–Kier alpha value is -2.12. The lowest BCUT2D eigenvalue weighted by Crippen LogP contribution is -2.56. The minimum Gasteiger partial charge on any atom is -0.481 e. The Morgan fingerprint density at radius 3 is 2.59 bits per heavy atom. The molecule has 7 nitrogen and oxygen atoms in total. The van der Waals surface area contributed by atoms with Crippen LogP contribution in [0.4, 0.5) is 0 Å². The lowest BCUT2D eigenvalue weighted by Gasteiger charge is -2.36. The molecule has 1 heterocycles. The molecule has 1 saturated heterocycles. The molecule has 3 unspecified atom stereocenters. The van der Waals surface area contributed by atoms with Gasteiger partial charge in [-0.2, -0.15) is 0 Å². The molecule has 0 radical (unpaired) electrons. The Balaban J connectivity index is 2.10. The molecular weight excluding hydrogens is 372 g/mol. The van der Waals surface area contributed by atoms with E-state index in [0.717, 1.165) is 0 Å². The number of nitrogens with one attached hydrogen (secondary N) is 1. The Morgan fingerprint density at radius 2 is 2.00 bits per heavy atom. The minimum absolute atomic E-state index is 0.0745. The largest absolute Gasteiger partial charge is 0.481 e. The van der Waals surface area contributed by atoms with Gasteiger partial charge < -0.3 is 20.1 Å². The average Bonchev–Trinajstić information content (AvgIpc) is 2.65. The van der Waals surface area contributed by atoms with Gasteiger partial charge in [0.2, 0.25) is 5.91 Å². The highest BCUT2D eigenvalue weighted by Crippen LogP contribution is 2.16. The van der Waals surface area contributed by atoms with Crippen LogP contribution in [0.3, 0.4) is 0 Å². The topological polar surface area (TPSA) is 95.9 Å². The van der Waals surface area contributed by atoms with E-state index in [1.807, 2.05) is 13.8 Å². The molecule has 1 aromatic carbocycles. The van der Waals surface area contributed by atoms with Crippen LogP contribution in [0, 0.1) is 5.92 Å². The number of hydrogen-bond acceptors (Lipinski definition) is 4. The van der Waals surface area contributed by atoms with Crippen molar-refractivity contribution in [2.45, 2.75) is 38.8 Å². The number of carboxylic acids is 1. The number of morpholine rings is 1. The van der Waals surface area contributed by atoms with Gasteiger partial charge in [0.05, 0.1) is 19.1 Å². The molecule has 148 valence electrons. The van der Waals surface area contributed by atoms with Crippen molar-refractivity contribution in [1.82, 2.24) is 10.2 Å². The van der Waals surface area contributed by atoms with Crippen molar-refractivity contribution in [3.05, 3.63) is 34.9 Å². The van der Waals surface area contributed by atoms with Crippen molar-refractivity contribution >= 4 is 29.4 Å². The van der Waals surface area contributed by atoms with E-state index >= 15 is 0 Å². The van der Waals surface area contributed by atoms with Crippen molar-refractivity contribution in [2.75, 3.05) is 19.7 Å². The standard InChI is InChI=1S/C19H25ClN2O5/c1-3-12(2)17(21-18(25)13-4-6-14(20)7-5-13)19(26)22-8-9-27-15(11-22)10-16(23)24/h4-7,12,15,17H,3,8-11H2,1-2H3,(H,21,25)(H,23,24). The molecule has 0 aromatic heterocycles. The van der Waals surface area contributed by atoms with Crippen molar-refractivity contribution in [3.63, 3.8) is 0 Å². The van der Waals surface area contributed by atoms with Gasteiger partial charge in [-0.15, -0.1) is 0 Å². The van der Waals surface area contributed by atoms with Gasteiger partial charge in [-0.25, -0.2) is 0 Å². The third kappa shape index (κ3) is 5.94. The van der Waals surface area contributed by atoms with Gasteiger partial charge in [0.25, 0.3) is 5.91 Å². The normalized spacial score (nSPS) is 19.2. The summed E-state index contributed by atoms with van der Waals surface area (Å²) in [6.45, 7) is 4.71. The second kappa shape index (κ2) is 9.71. The van der Waals surface area contributed by atoms with Crippen LogP contribution in [-0.2, 0) is 14.3 Å². The highest BCUT2D eigenvalue weighted by Gasteiger charge is 2.33. The van der Waals surface area contributed by atoms with Gasteiger partial charge in [0.15, 0.2) is 0 Å². The fourth-order valence-electron chi connectivity index (χ4n) is 2.94. The highest BCUT2D eigenvalue weighted by atomic mass is 35.5. The van der Waals surface area contributed by atoms with Crippen LogP contribution in [0.15, 0.2) is 24.3 Å². The maximum Gasteiger partial charge on any atom is 0.306 e. The number of carbonyl (C=O) groups excluding carboxylic acids is 2. The van der Waals surface area contributed by atoms with Crippen molar-refractivity contribution in [1.29, 1.82) is 0 Å². The van der Waals surface area contributed by atoms with Gasteiger partial charge >= 0.3 is 5.97 Å². The lowest BCUT2D eigenvalue weighted by molar-refractivity contribution is -0.149. The summed E-state index contributed by atoms with van der Waals surface area (Å²) in [6.07, 6.45) is 0.0134. The van der Waals surface area contributed by atoms with E-state index in [-0.39, 0.29) is 37.3 Å². The number of ether oxygens (including phenoxy) is 1. The molecule has 2 amide bonds. The number of halogens is 1. The van der Waals surface area contributed by atoms with Crippen molar-refractivity contribution in [3.8, 4) is 0 Å². The molecule has 1 aliphatic rings. The highest BCUT2D eigenvalue weighted by molar-refractivity contribution is 6.30. The molecule has 27 heavy (non-hydrogen) atoms. The lowest BCUT2D eigenvalue weighted by atomic mass is 9.96. The number of carbonyl (C=O) groups is 3. The second-order valence-corrected chi connectivity index (χ2v) is 7.15. The summed E-state index contributed by atoms with van der Waals surface area (Å²) < 4.78 is 5.42. The molecule has 0 saturated carbocycles. The first-order valence-electron chi connectivity index (χ1n) is 9.00. The summed E-state index contributed by atoms with van der Waals surface area (Å²) in [4.78, 5) is 38.1. The van der Waals surface area contributed by atoms with Crippen LogP contribution in [0.5, 0.6) is 0 Å². The maximum atomic E-state index is 13.0. The van der Waals surface area contributed by atoms with E-state index < -0.39 is 18.1 Å². The first-order valence-corrected chi connectivity index (χ1v) is 9.38. The third-order valence-corrected chi connectivity index (χ3v) is 4.98. The zero-order valence-electron chi connectivity index (χ0n) is 15.5. The van der Waals surface area contributed by atoms with Gasteiger partial charge in [-0.1, -0.05) is 31.9 Å². The molecule has 8 heteroatoms. The Kier molecular flexibility index (Phi) is 7.62. The molecule has 1 aliphatic heterocycles. The van der Waals surface area contributed by atoms with Gasteiger partial charge in [0.1, 0.15) is 6.04 Å². The van der Waals surface area contributed by atoms with E-state index in [0.29, 0.717) is 23.6 Å². The monoisotopic (exact) mass is 396 g/mol. The third-order valence-electron chi connectivity index (χ3n) is 4.72. The van der Waals surface area contributed by atoms with Crippen molar-refractivity contribution < 1.29 is 24.2 Å². The minimum atomic E-state index is -0.969. The van der Waals surface area contributed by atoms with E-state index in [1.54, 1.807) is 29.2 Å². The molecule has 1 fully saturated rings. The summed E-state index contributed by atoms with van der Waals surface area (Å²) in [5.74, 6) is -1.61. The van der Waals surface area contributed by atoms with Gasteiger partial charge in [-0.05, 0) is 30.2 Å². The fraction of sp³-hybridized carbons (Fsp3) is 0.526. The quantitative estimate of drug-likeness (QED) is 0.736. The summed E-state index contributed by atoms with van der Waals surface area (Å²) in [7, 11) is 0. The second-order valence-electron chi connectivity index (χ2n) is 6.72. The SMILES string of the molecule is CCC(C)C(NC(=O)c1ccc(Cl)cc1)C(=O)N1CCOC(CC(=O)O)C1. The number of amides is 2. The summed E-state index contributed by atoms with van der Waals surface area (Å²) in [5, 5.41) is 12.3. The number of benzene rings is 1. The van der Waals surface area contributed by atoms with Crippen molar-refractivity contribution in [2.24, 2.45) is 5.92 Å². The number of carboxylic acid groups (broad SMARTS) is 1. The van der Waals surface area contributed by atoms with Crippen LogP contribution in [0.2, 0.25) is 5.02 Å². The number of aliphatic carboxylic acids is 1. The fourth-order valence-corrected chi connectivity index (χ4v) is 3.07. The Morgan fingerprint density at radius 1 is 1.33 bits per heavy atom. The smallest absolute Gasteiger partial charge is 0.306 e. The van der Waals surface area contributed by atoms with E-state index in [1.165, 1.54) is 0 Å². The average molecular weight is 397 g/mol. The molecule has 3 atom stereocenters. The molecule has 0 aliphatic carbocycles. The summed E-state index contributed by atoms with van der Waals surface area (Å²) >= 11 is 5.85. The van der Waals surface area contributed by atoms with E-state index in [9.17, 15) is 14.4 Å². The van der Waals surface area contributed by atoms with Crippen LogP contribution >= 0.6 is 11.6 Å². The predicted octanol–water partition coefficient (Wildman–Crippen LogP) is 2.19.